The van der Waals surface area contributed by atoms with Crippen LogP contribution in [0, 0.1) is 0 Å². The Balaban J connectivity index is 2.20. The van der Waals surface area contributed by atoms with Crippen LogP contribution in [0.15, 0.2) is 23.1 Å². The minimum Gasteiger partial charge on any atom is -0.467 e. The van der Waals surface area contributed by atoms with E-state index in [-0.39, 0.29) is 21.5 Å². The van der Waals surface area contributed by atoms with Crippen molar-refractivity contribution in [2.75, 3.05) is 19.1 Å². The lowest BCUT2D eigenvalue weighted by molar-refractivity contribution is -0.142. The number of nitrogens with one attached hydrogen (secondary N) is 2. The first kappa shape index (κ1) is 21.0. The van der Waals surface area contributed by atoms with Gasteiger partial charge >= 0.3 is 5.97 Å². The summed E-state index contributed by atoms with van der Waals surface area (Å²) in [6.07, 6.45) is 3.86. The topological polar surface area (TPSA) is 102 Å². The molecule has 0 aromatic heterocycles. The van der Waals surface area contributed by atoms with Crippen molar-refractivity contribution in [1.82, 2.24) is 10.0 Å². The van der Waals surface area contributed by atoms with Crippen LogP contribution in [0.25, 0.3) is 0 Å². The van der Waals surface area contributed by atoms with Crippen LogP contribution in [-0.2, 0) is 19.6 Å². The number of halogens is 1. The molecule has 1 aromatic rings. The van der Waals surface area contributed by atoms with Crippen molar-refractivity contribution in [2.24, 2.45) is 0 Å². The Morgan fingerprint density at radius 2 is 2.08 bits per heavy atom. The van der Waals surface area contributed by atoms with Crippen molar-refractivity contribution in [2.45, 2.75) is 36.2 Å². The quantitative estimate of drug-likeness (QED) is 0.591. The van der Waals surface area contributed by atoms with Crippen LogP contribution in [0.5, 0.6) is 0 Å². The molecule has 1 amide bonds. The minimum absolute atomic E-state index is 0.0293. The largest absolute Gasteiger partial charge is 0.467 e. The Hall–Kier alpha value is -1.29. The van der Waals surface area contributed by atoms with Crippen LogP contribution in [0.2, 0.25) is 5.02 Å². The maximum atomic E-state index is 12.5. The highest BCUT2D eigenvalue weighted by Gasteiger charge is 2.30. The van der Waals surface area contributed by atoms with Gasteiger partial charge in [0.15, 0.2) is 0 Å². The summed E-state index contributed by atoms with van der Waals surface area (Å²) < 4.78 is 32.0. The molecule has 0 heterocycles. The van der Waals surface area contributed by atoms with Crippen LogP contribution in [0.3, 0.4) is 0 Å². The summed E-state index contributed by atoms with van der Waals surface area (Å²) in [7, 11) is -2.56. The van der Waals surface area contributed by atoms with Gasteiger partial charge < -0.3 is 10.1 Å². The number of amides is 1. The lowest BCUT2D eigenvalue weighted by Crippen LogP contribution is -2.42. The highest BCUT2D eigenvalue weighted by Crippen LogP contribution is 2.27. The Bertz CT molecular complexity index is 781. The van der Waals surface area contributed by atoms with Crippen LogP contribution < -0.4 is 10.0 Å². The first-order valence-electron chi connectivity index (χ1n) is 7.98. The molecule has 1 aliphatic rings. The van der Waals surface area contributed by atoms with E-state index in [1.165, 1.54) is 37.1 Å². The number of carbonyl (C=O) groups is 2. The second-order valence-corrected chi connectivity index (χ2v) is 8.95. The Labute approximate surface area is 162 Å². The molecule has 1 aliphatic carbocycles. The fraction of sp³-hybridized carbons (Fsp3) is 0.500. The molecule has 0 saturated heterocycles. The number of rotatable bonds is 9. The molecule has 0 unspecified atom stereocenters. The summed E-state index contributed by atoms with van der Waals surface area (Å²) >= 11 is 7.54. The van der Waals surface area contributed by atoms with Gasteiger partial charge in [-0.3, -0.25) is 4.79 Å². The number of benzene rings is 1. The van der Waals surface area contributed by atoms with Gasteiger partial charge in [-0.25, -0.2) is 17.9 Å². The van der Waals surface area contributed by atoms with E-state index >= 15 is 0 Å². The molecular formula is C16H21ClN2O5S2. The number of thioether (sulfide) groups is 1. The van der Waals surface area contributed by atoms with E-state index in [0.29, 0.717) is 12.2 Å². The number of methoxy groups -OCH3 is 1. The summed E-state index contributed by atoms with van der Waals surface area (Å²) in [4.78, 5) is 24.1. The van der Waals surface area contributed by atoms with Gasteiger partial charge in [-0.1, -0.05) is 11.6 Å². The van der Waals surface area contributed by atoms with Crippen LogP contribution in [0.4, 0.5) is 0 Å². The maximum absolute atomic E-state index is 12.5. The lowest BCUT2D eigenvalue weighted by atomic mass is 10.1. The van der Waals surface area contributed by atoms with Crippen LogP contribution >= 0.6 is 23.4 Å². The van der Waals surface area contributed by atoms with Crippen molar-refractivity contribution >= 4 is 45.3 Å². The fourth-order valence-corrected chi connectivity index (χ4v) is 4.51. The van der Waals surface area contributed by atoms with E-state index in [0.717, 1.165) is 12.8 Å². The predicted octanol–water partition coefficient (Wildman–Crippen LogP) is 1.81. The molecule has 2 N–H and O–H groups in total. The Kier molecular flexibility index (Phi) is 7.33. The summed E-state index contributed by atoms with van der Waals surface area (Å²) in [5, 5.41) is 2.61. The highest BCUT2D eigenvalue weighted by atomic mass is 35.5. The Morgan fingerprint density at radius 1 is 1.38 bits per heavy atom. The number of carbonyl (C=O) groups excluding carboxylic acids is 2. The average Bonchev–Trinajstić information content (AvgIpc) is 3.41. The summed E-state index contributed by atoms with van der Waals surface area (Å²) in [6.45, 7) is 0. The summed E-state index contributed by atoms with van der Waals surface area (Å²) in [6, 6.07) is 3.10. The first-order valence-corrected chi connectivity index (χ1v) is 11.2. The number of sulfonamides is 1. The second kappa shape index (κ2) is 9.07. The first-order chi connectivity index (χ1) is 12.3. The van der Waals surface area contributed by atoms with E-state index in [1.54, 1.807) is 0 Å². The molecule has 0 aliphatic heterocycles. The van der Waals surface area contributed by atoms with Crippen molar-refractivity contribution in [3.8, 4) is 0 Å². The molecule has 0 bridgehead atoms. The van der Waals surface area contributed by atoms with Crippen molar-refractivity contribution < 1.29 is 22.7 Å². The molecule has 1 saturated carbocycles. The Morgan fingerprint density at radius 3 is 2.65 bits per heavy atom. The minimum atomic E-state index is -3.80. The highest BCUT2D eigenvalue weighted by molar-refractivity contribution is 7.98. The van der Waals surface area contributed by atoms with Crippen LogP contribution in [0.1, 0.15) is 29.6 Å². The van der Waals surface area contributed by atoms with Crippen molar-refractivity contribution in [1.29, 1.82) is 0 Å². The van der Waals surface area contributed by atoms with Gasteiger partial charge in [-0.2, -0.15) is 11.8 Å². The third-order valence-corrected chi connectivity index (χ3v) is 6.43. The molecule has 2 rings (SSSR count). The van der Waals surface area contributed by atoms with Gasteiger partial charge in [0.25, 0.3) is 5.91 Å². The average molecular weight is 421 g/mol. The number of hydrogen-bond donors (Lipinski definition) is 2. The summed E-state index contributed by atoms with van der Waals surface area (Å²) in [5.74, 6) is -0.461. The molecule has 7 nitrogen and oxygen atoms in total. The van der Waals surface area contributed by atoms with Gasteiger partial charge in [-0.05, 0) is 49.5 Å². The molecule has 1 fully saturated rings. The zero-order chi connectivity index (χ0) is 19.3. The molecule has 26 heavy (non-hydrogen) atoms. The molecular weight excluding hydrogens is 400 g/mol. The van der Waals surface area contributed by atoms with Crippen molar-refractivity contribution in [3.05, 3.63) is 28.8 Å². The number of hydrogen-bond acceptors (Lipinski definition) is 6. The van der Waals surface area contributed by atoms with Gasteiger partial charge in [0.05, 0.1) is 12.1 Å². The van der Waals surface area contributed by atoms with E-state index < -0.39 is 27.9 Å². The monoisotopic (exact) mass is 420 g/mol. The van der Waals surface area contributed by atoms with Crippen LogP contribution in [-0.4, -0.2) is 51.5 Å². The van der Waals surface area contributed by atoms with E-state index in [2.05, 4.69) is 10.0 Å². The molecule has 10 heteroatoms. The summed E-state index contributed by atoms with van der Waals surface area (Å²) in [5.41, 5.74) is 0.101. The van der Waals surface area contributed by atoms with Crippen molar-refractivity contribution in [3.63, 3.8) is 0 Å². The zero-order valence-corrected chi connectivity index (χ0v) is 16.8. The van der Waals surface area contributed by atoms with E-state index in [9.17, 15) is 18.0 Å². The standard InChI is InChI=1S/C16H21ClN2O5S2/c1-24-16(21)13(7-8-25-2)18-15(20)10-3-6-12(17)14(9-10)26(22,23)19-11-4-5-11/h3,6,9,11,13,19H,4-5,7-8H2,1-2H3,(H,18,20)/t13-/m0/s1. The molecule has 1 aromatic carbocycles. The van der Waals surface area contributed by atoms with Gasteiger partial charge in [0.2, 0.25) is 10.0 Å². The van der Waals surface area contributed by atoms with Gasteiger partial charge in [0, 0.05) is 11.6 Å². The number of esters is 1. The van der Waals surface area contributed by atoms with Gasteiger partial charge in [0.1, 0.15) is 10.9 Å². The third kappa shape index (κ3) is 5.60. The molecule has 1 atom stereocenters. The zero-order valence-electron chi connectivity index (χ0n) is 14.5. The predicted molar refractivity (Wildman–Crippen MR) is 101 cm³/mol. The molecule has 0 spiro atoms. The number of ether oxygens (including phenoxy) is 1. The maximum Gasteiger partial charge on any atom is 0.328 e. The lowest BCUT2D eigenvalue weighted by Gasteiger charge is -2.16. The van der Waals surface area contributed by atoms with E-state index in [4.69, 9.17) is 16.3 Å². The molecule has 144 valence electrons. The smallest absolute Gasteiger partial charge is 0.328 e. The fourth-order valence-electron chi connectivity index (χ4n) is 2.20. The SMILES string of the molecule is COC(=O)[C@H](CCSC)NC(=O)c1ccc(Cl)c(S(=O)(=O)NC2CC2)c1. The van der Waals surface area contributed by atoms with Gasteiger partial charge in [-0.15, -0.1) is 0 Å². The van der Waals surface area contributed by atoms with E-state index in [1.807, 2.05) is 6.26 Å². The second-order valence-electron chi connectivity index (χ2n) is 5.87. The normalized spacial score (nSPS) is 15.3. The molecule has 0 radical (unpaired) electrons. The third-order valence-electron chi connectivity index (χ3n) is 3.78.